The molecule has 9 heteroatoms. The summed E-state index contributed by atoms with van der Waals surface area (Å²) in [6.07, 6.45) is 2.64. The number of rotatable bonds is 3. The lowest BCUT2D eigenvalue weighted by Gasteiger charge is -2.21. The van der Waals surface area contributed by atoms with Crippen LogP contribution in [0.15, 0.2) is 30.6 Å². The number of nitrogens with one attached hydrogen (secondary N) is 3. The van der Waals surface area contributed by atoms with Crippen molar-refractivity contribution in [3.8, 4) is 17.0 Å². The molecular formula is C23H22FN5O3. The van der Waals surface area contributed by atoms with Crippen molar-refractivity contribution in [2.45, 2.75) is 13.0 Å². The predicted molar refractivity (Wildman–Crippen MR) is 117 cm³/mol. The minimum Gasteiger partial charge on any atom is -0.474 e. The van der Waals surface area contributed by atoms with E-state index in [-0.39, 0.29) is 11.9 Å². The average molecular weight is 435 g/mol. The fourth-order valence-electron chi connectivity index (χ4n) is 4.73. The van der Waals surface area contributed by atoms with E-state index in [0.29, 0.717) is 53.2 Å². The molecule has 1 aromatic carbocycles. The summed E-state index contributed by atoms with van der Waals surface area (Å²) in [6.45, 7) is 4.93. The van der Waals surface area contributed by atoms with Gasteiger partial charge in [-0.1, -0.05) is 0 Å². The van der Waals surface area contributed by atoms with Gasteiger partial charge in [0, 0.05) is 60.4 Å². The standard InChI is InChI=1S/C23H22FN5O3/c1-11-15(10-28-22-20(11)26-2-3-31-22)14-4-12-6-19(27-7-13(12)5-18(14)24)29-23(30)32-21-16-8-25-9-17(16)21/h4-7,10,16-17,21,25-26H,2-3,8-9H2,1H3,(H,27,29,30)/t16-,17+,21+. The molecule has 1 amide bonds. The Hall–Kier alpha value is -3.46. The van der Waals surface area contributed by atoms with Crippen molar-refractivity contribution in [3.05, 3.63) is 42.0 Å². The molecule has 6 rings (SSSR count). The van der Waals surface area contributed by atoms with Crippen molar-refractivity contribution in [2.75, 3.05) is 36.9 Å². The first kappa shape index (κ1) is 19.2. The zero-order chi connectivity index (χ0) is 21.8. The summed E-state index contributed by atoms with van der Waals surface area (Å²) in [5.74, 6) is 1.37. The van der Waals surface area contributed by atoms with E-state index in [9.17, 15) is 9.18 Å². The summed E-state index contributed by atoms with van der Waals surface area (Å²) in [5.41, 5.74) is 2.76. The van der Waals surface area contributed by atoms with Gasteiger partial charge in [0.2, 0.25) is 5.88 Å². The van der Waals surface area contributed by atoms with Crippen molar-refractivity contribution in [1.82, 2.24) is 15.3 Å². The van der Waals surface area contributed by atoms with Crippen LogP contribution < -0.4 is 20.7 Å². The lowest BCUT2D eigenvalue weighted by Crippen LogP contribution is -2.23. The number of halogens is 1. The van der Waals surface area contributed by atoms with Crippen LogP contribution in [0.3, 0.4) is 0 Å². The maximum Gasteiger partial charge on any atom is 0.413 e. The van der Waals surface area contributed by atoms with Gasteiger partial charge >= 0.3 is 6.09 Å². The molecule has 3 aliphatic rings. The Morgan fingerprint density at radius 1 is 1.16 bits per heavy atom. The molecule has 8 nitrogen and oxygen atoms in total. The second-order valence-electron chi connectivity index (χ2n) is 8.48. The van der Waals surface area contributed by atoms with Gasteiger partial charge in [-0.2, -0.15) is 0 Å². The third kappa shape index (κ3) is 3.20. The summed E-state index contributed by atoms with van der Waals surface area (Å²) in [4.78, 5) is 20.9. The number of amides is 1. The number of fused-ring (bicyclic) bond motifs is 3. The van der Waals surface area contributed by atoms with Crippen molar-refractivity contribution in [2.24, 2.45) is 11.8 Å². The van der Waals surface area contributed by atoms with Crippen LogP contribution in [0.1, 0.15) is 5.56 Å². The van der Waals surface area contributed by atoms with Crippen molar-refractivity contribution in [3.63, 3.8) is 0 Å². The molecule has 3 aromatic rings. The molecule has 1 saturated carbocycles. The number of ether oxygens (including phenoxy) is 2. The van der Waals surface area contributed by atoms with Gasteiger partial charge in [0.05, 0.1) is 0 Å². The number of anilines is 2. The van der Waals surface area contributed by atoms with Crippen LogP contribution >= 0.6 is 0 Å². The molecule has 32 heavy (non-hydrogen) atoms. The molecule has 0 bridgehead atoms. The smallest absolute Gasteiger partial charge is 0.413 e. The van der Waals surface area contributed by atoms with Gasteiger partial charge < -0.3 is 20.1 Å². The van der Waals surface area contributed by atoms with Crippen LogP contribution in [0.4, 0.5) is 20.7 Å². The first-order valence-electron chi connectivity index (χ1n) is 10.7. The summed E-state index contributed by atoms with van der Waals surface area (Å²) in [7, 11) is 0. The van der Waals surface area contributed by atoms with E-state index in [1.54, 1.807) is 24.5 Å². The average Bonchev–Trinajstić information content (AvgIpc) is 3.19. The van der Waals surface area contributed by atoms with Crippen LogP contribution in [-0.2, 0) is 4.74 Å². The zero-order valence-electron chi connectivity index (χ0n) is 17.4. The summed E-state index contributed by atoms with van der Waals surface area (Å²) in [6, 6.07) is 4.91. The maximum absolute atomic E-state index is 15.0. The Kier molecular flexibility index (Phi) is 4.39. The number of piperidine rings is 1. The topological polar surface area (TPSA) is 97.4 Å². The number of hydrogen-bond acceptors (Lipinski definition) is 7. The highest BCUT2D eigenvalue weighted by Gasteiger charge is 2.56. The van der Waals surface area contributed by atoms with E-state index in [0.717, 1.165) is 29.7 Å². The third-order valence-corrected chi connectivity index (χ3v) is 6.53. The Labute approximate surface area is 183 Å². The molecule has 164 valence electrons. The lowest BCUT2D eigenvalue weighted by molar-refractivity contribution is 0.140. The molecule has 3 N–H and O–H groups in total. The number of benzene rings is 1. The van der Waals surface area contributed by atoms with Crippen molar-refractivity contribution < 1.29 is 18.7 Å². The fourth-order valence-corrected chi connectivity index (χ4v) is 4.73. The van der Waals surface area contributed by atoms with Gasteiger partial charge in [0.25, 0.3) is 0 Å². The Morgan fingerprint density at radius 2 is 2.00 bits per heavy atom. The third-order valence-electron chi connectivity index (χ3n) is 6.53. The highest BCUT2D eigenvalue weighted by atomic mass is 19.1. The maximum atomic E-state index is 15.0. The van der Waals surface area contributed by atoms with E-state index in [1.165, 1.54) is 6.07 Å². The van der Waals surface area contributed by atoms with Crippen LogP contribution in [0.5, 0.6) is 5.88 Å². The molecule has 1 saturated heterocycles. The molecule has 0 spiro atoms. The molecule has 1 aliphatic carbocycles. The second-order valence-corrected chi connectivity index (χ2v) is 8.48. The number of pyridine rings is 2. The monoisotopic (exact) mass is 435 g/mol. The van der Waals surface area contributed by atoms with E-state index in [2.05, 4.69) is 25.9 Å². The first-order chi connectivity index (χ1) is 15.6. The fraction of sp³-hybridized carbons (Fsp3) is 0.348. The lowest BCUT2D eigenvalue weighted by atomic mass is 9.98. The Balaban J connectivity index is 1.28. The van der Waals surface area contributed by atoms with Gasteiger partial charge in [-0.25, -0.2) is 19.2 Å². The molecule has 2 aromatic heterocycles. The molecule has 0 unspecified atom stereocenters. The van der Waals surface area contributed by atoms with Crippen molar-refractivity contribution in [1.29, 1.82) is 0 Å². The molecule has 2 fully saturated rings. The van der Waals surface area contributed by atoms with Crippen LogP contribution in [0.2, 0.25) is 0 Å². The van der Waals surface area contributed by atoms with E-state index in [1.807, 2.05) is 6.92 Å². The van der Waals surface area contributed by atoms with Crippen LogP contribution in [0.25, 0.3) is 21.9 Å². The Morgan fingerprint density at radius 3 is 2.84 bits per heavy atom. The van der Waals surface area contributed by atoms with Gasteiger partial charge in [0.15, 0.2) is 0 Å². The molecule has 2 aliphatic heterocycles. The molecular weight excluding hydrogens is 413 g/mol. The largest absolute Gasteiger partial charge is 0.474 e. The number of nitrogens with zero attached hydrogens (tertiary/aromatic N) is 2. The van der Waals surface area contributed by atoms with E-state index in [4.69, 9.17) is 9.47 Å². The molecule has 3 atom stereocenters. The number of hydrogen-bond donors (Lipinski definition) is 3. The molecule has 0 radical (unpaired) electrons. The van der Waals surface area contributed by atoms with Gasteiger partial charge in [-0.3, -0.25) is 5.32 Å². The highest BCUT2D eigenvalue weighted by molar-refractivity contribution is 5.92. The first-order valence-corrected chi connectivity index (χ1v) is 10.7. The molecule has 4 heterocycles. The summed E-state index contributed by atoms with van der Waals surface area (Å²) >= 11 is 0. The van der Waals surface area contributed by atoms with Crippen molar-refractivity contribution >= 4 is 28.4 Å². The van der Waals surface area contributed by atoms with Gasteiger partial charge in [0.1, 0.15) is 30.0 Å². The van der Waals surface area contributed by atoms with Crippen LogP contribution in [-0.4, -0.2) is 48.4 Å². The Bertz CT molecular complexity index is 1240. The quantitative estimate of drug-likeness (QED) is 0.581. The summed E-state index contributed by atoms with van der Waals surface area (Å²) < 4.78 is 26.1. The zero-order valence-corrected chi connectivity index (χ0v) is 17.4. The van der Waals surface area contributed by atoms with Gasteiger partial charge in [-0.15, -0.1) is 0 Å². The number of carbonyl (C=O) groups is 1. The predicted octanol–water partition coefficient (Wildman–Crippen LogP) is 3.31. The van der Waals surface area contributed by atoms with E-state index >= 15 is 0 Å². The second kappa shape index (κ2) is 7.30. The minimum absolute atomic E-state index is 0.0190. The summed E-state index contributed by atoms with van der Waals surface area (Å²) in [5, 5.41) is 10.6. The minimum atomic E-state index is -0.514. The van der Waals surface area contributed by atoms with Gasteiger partial charge in [-0.05, 0) is 36.1 Å². The number of carbonyl (C=O) groups excluding carboxylic acids is 1. The normalized spacial score (nSPS) is 23.0. The number of aromatic nitrogens is 2. The van der Waals surface area contributed by atoms with Crippen LogP contribution in [0, 0.1) is 24.6 Å². The van der Waals surface area contributed by atoms with E-state index < -0.39 is 6.09 Å². The SMILES string of the molecule is Cc1c(-c2cc3cc(NC(=O)O[C@H]4[C@@H]5CNC[C@@H]54)ncc3cc2F)cnc2c1NCCO2. The highest BCUT2D eigenvalue weighted by Crippen LogP contribution is 2.44.